The molecular formula is C17H18N4O2S. The standard InChI is InChI=1S/C17H18N4O2S/c1-13(24-21-18)17(22-2)14-10-16(12-19-11-14)23-9-5-7-15-6-3-4-8-20-15/h3-4,6,8,10-13,17-18H,9H2,1-2H3. The van der Waals surface area contributed by atoms with Crippen molar-refractivity contribution in [3.8, 4) is 17.6 Å². The summed E-state index contributed by atoms with van der Waals surface area (Å²) in [5.41, 5.74) is 8.54. The first-order chi connectivity index (χ1) is 11.7. The van der Waals surface area contributed by atoms with Gasteiger partial charge in [0.15, 0.2) is 0 Å². The molecule has 6 nitrogen and oxygen atoms in total. The van der Waals surface area contributed by atoms with Gasteiger partial charge in [0.05, 0.1) is 17.6 Å². The molecule has 24 heavy (non-hydrogen) atoms. The van der Waals surface area contributed by atoms with Gasteiger partial charge in [-0.1, -0.05) is 12.0 Å². The van der Waals surface area contributed by atoms with Crippen LogP contribution in [0.3, 0.4) is 0 Å². The highest BCUT2D eigenvalue weighted by Crippen LogP contribution is 2.30. The van der Waals surface area contributed by atoms with E-state index >= 15 is 0 Å². The highest BCUT2D eigenvalue weighted by atomic mass is 32.2. The topological polar surface area (TPSA) is 80.5 Å². The lowest BCUT2D eigenvalue weighted by molar-refractivity contribution is 0.104. The van der Waals surface area contributed by atoms with Crippen LogP contribution in [0.25, 0.3) is 0 Å². The molecule has 0 radical (unpaired) electrons. The van der Waals surface area contributed by atoms with Crippen molar-refractivity contribution in [3.05, 3.63) is 54.1 Å². The monoisotopic (exact) mass is 342 g/mol. The summed E-state index contributed by atoms with van der Waals surface area (Å²) in [6.07, 6.45) is 4.83. The summed E-state index contributed by atoms with van der Waals surface area (Å²) in [6, 6.07) is 7.44. The Morgan fingerprint density at radius 2 is 2.25 bits per heavy atom. The van der Waals surface area contributed by atoms with Gasteiger partial charge in [-0.25, -0.2) is 4.98 Å². The average molecular weight is 342 g/mol. The Bertz CT molecular complexity index is 715. The number of hydrogen-bond acceptors (Lipinski definition) is 7. The fourth-order valence-corrected chi connectivity index (χ4v) is 2.64. The summed E-state index contributed by atoms with van der Waals surface area (Å²) >= 11 is 1.15. The normalized spacial score (nSPS) is 12.6. The minimum atomic E-state index is -0.222. The smallest absolute Gasteiger partial charge is 0.149 e. The Hall–Kier alpha value is -2.43. The van der Waals surface area contributed by atoms with E-state index in [1.165, 1.54) is 0 Å². The van der Waals surface area contributed by atoms with Crippen molar-refractivity contribution in [2.24, 2.45) is 4.52 Å². The van der Waals surface area contributed by atoms with Crippen molar-refractivity contribution in [3.63, 3.8) is 0 Å². The predicted molar refractivity (Wildman–Crippen MR) is 92.8 cm³/mol. The van der Waals surface area contributed by atoms with Crippen LogP contribution in [0.2, 0.25) is 0 Å². The molecule has 7 heteroatoms. The largest absolute Gasteiger partial charge is 0.479 e. The lowest BCUT2D eigenvalue weighted by Gasteiger charge is -2.20. The van der Waals surface area contributed by atoms with E-state index in [1.807, 2.05) is 31.2 Å². The summed E-state index contributed by atoms with van der Waals surface area (Å²) in [6.45, 7) is 2.19. The van der Waals surface area contributed by atoms with Gasteiger partial charge in [0.25, 0.3) is 0 Å². The fourth-order valence-electron chi connectivity index (χ4n) is 2.09. The average Bonchev–Trinajstić information content (AvgIpc) is 2.61. The Labute approximate surface area is 145 Å². The van der Waals surface area contributed by atoms with E-state index in [4.69, 9.17) is 15.0 Å². The Kier molecular flexibility index (Phi) is 7.21. The Morgan fingerprint density at radius 1 is 1.38 bits per heavy atom. The zero-order chi connectivity index (χ0) is 17.2. The third-order valence-electron chi connectivity index (χ3n) is 3.15. The van der Waals surface area contributed by atoms with Crippen LogP contribution in [-0.2, 0) is 4.74 Å². The molecule has 2 aromatic rings. The number of nitrogens with one attached hydrogen (secondary N) is 1. The molecule has 0 spiro atoms. The first kappa shape index (κ1) is 17.9. The molecule has 2 atom stereocenters. The summed E-state index contributed by atoms with van der Waals surface area (Å²) in [5.74, 6) is 6.46. The molecule has 0 aromatic carbocycles. The van der Waals surface area contributed by atoms with E-state index in [0.717, 1.165) is 17.5 Å². The maximum absolute atomic E-state index is 6.96. The lowest BCUT2D eigenvalue weighted by atomic mass is 10.1. The number of rotatable bonds is 7. The quantitative estimate of drug-likeness (QED) is 0.472. The predicted octanol–water partition coefficient (Wildman–Crippen LogP) is 3.66. The van der Waals surface area contributed by atoms with E-state index in [2.05, 4.69) is 26.3 Å². The van der Waals surface area contributed by atoms with Crippen molar-refractivity contribution in [1.29, 1.82) is 5.53 Å². The molecule has 2 heterocycles. The summed E-state index contributed by atoms with van der Waals surface area (Å²) in [7, 11) is 1.62. The molecule has 0 saturated heterocycles. The molecule has 0 saturated carbocycles. The van der Waals surface area contributed by atoms with Crippen LogP contribution in [0.1, 0.15) is 24.3 Å². The molecule has 0 amide bonds. The molecule has 0 bridgehead atoms. The van der Waals surface area contributed by atoms with E-state index in [1.54, 1.807) is 25.7 Å². The van der Waals surface area contributed by atoms with Gasteiger partial charge in [-0.3, -0.25) is 4.98 Å². The van der Waals surface area contributed by atoms with Crippen LogP contribution in [0.5, 0.6) is 5.75 Å². The molecule has 2 rings (SSSR count). The Morgan fingerprint density at radius 3 is 2.96 bits per heavy atom. The van der Waals surface area contributed by atoms with Crippen molar-refractivity contribution in [2.45, 2.75) is 18.3 Å². The molecule has 1 N–H and O–H groups in total. The number of aromatic nitrogens is 2. The highest BCUT2D eigenvalue weighted by molar-refractivity contribution is 7.98. The first-order valence-corrected chi connectivity index (χ1v) is 8.11. The molecule has 124 valence electrons. The minimum absolute atomic E-state index is 0.00602. The molecule has 0 aliphatic rings. The van der Waals surface area contributed by atoms with Crippen molar-refractivity contribution < 1.29 is 9.47 Å². The lowest BCUT2D eigenvalue weighted by Crippen LogP contribution is -2.14. The van der Waals surface area contributed by atoms with Crippen LogP contribution in [-0.4, -0.2) is 28.9 Å². The van der Waals surface area contributed by atoms with E-state index < -0.39 is 0 Å². The maximum Gasteiger partial charge on any atom is 0.149 e. The van der Waals surface area contributed by atoms with E-state index in [0.29, 0.717) is 11.4 Å². The number of ether oxygens (including phenoxy) is 2. The maximum atomic E-state index is 6.96. The van der Waals surface area contributed by atoms with Crippen LogP contribution in [0, 0.1) is 17.4 Å². The van der Waals surface area contributed by atoms with Crippen molar-refractivity contribution >= 4 is 11.9 Å². The van der Waals surface area contributed by atoms with Gasteiger partial charge in [-0.15, -0.1) is 4.52 Å². The van der Waals surface area contributed by atoms with Gasteiger partial charge in [0.1, 0.15) is 18.1 Å². The van der Waals surface area contributed by atoms with Crippen LogP contribution >= 0.6 is 11.9 Å². The summed E-state index contributed by atoms with van der Waals surface area (Å²) in [5, 5.41) is -0.00602. The number of methoxy groups -OCH3 is 1. The number of pyridine rings is 2. The highest BCUT2D eigenvalue weighted by Gasteiger charge is 2.20. The number of hydrogen-bond donors (Lipinski definition) is 1. The van der Waals surface area contributed by atoms with E-state index in [9.17, 15) is 0 Å². The SMILES string of the molecule is COC(c1cncc(OCC#Cc2ccccn2)c1)C(C)SN=N. The Balaban J connectivity index is 1.99. The fraction of sp³-hybridized carbons (Fsp3) is 0.294. The van der Waals surface area contributed by atoms with Gasteiger partial charge in [0.2, 0.25) is 0 Å². The molecule has 2 aromatic heterocycles. The van der Waals surface area contributed by atoms with Gasteiger partial charge < -0.3 is 9.47 Å². The summed E-state index contributed by atoms with van der Waals surface area (Å²) < 4.78 is 14.5. The summed E-state index contributed by atoms with van der Waals surface area (Å²) in [4.78, 5) is 8.30. The third-order valence-corrected chi connectivity index (χ3v) is 3.84. The van der Waals surface area contributed by atoms with Gasteiger partial charge >= 0.3 is 0 Å². The van der Waals surface area contributed by atoms with Gasteiger partial charge in [0, 0.05) is 37.0 Å². The third kappa shape index (κ3) is 5.33. The molecule has 0 fully saturated rings. The number of nitrogens with zero attached hydrogens (tertiary/aromatic N) is 3. The van der Waals surface area contributed by atoms with Crippen LogP contribution in [0.4, 0.5) is 0 Å². The molecular weight excluding hydrogens is 324 g/mol. The second-order valence-corrected chi connectivity index (χ2v) is 5.95. The van der Waals surface area contributed by atoms with Gasteiger partial charge in [-0.2, -0.15) is 5.53 Å². The van der Waals surface area contributed by atoms with E-state index in [-0.39, 0.29) is 18.0 Å². The van der Waals surface area contributed by atoms with Crippen molar-refractivity contribution in [2.75, 3.05) is 13.7 Å². The zero-order valence-corrected chi connectivity index (χ0v) is 14.3. The molecule has 0 aliphatic carbocycles. The molecule has 0 aliphatic heterocycles. The second-order valence-electron chi connectivity index (χ2n) is 4.82. The van der Waals surface area contributed by atoms with Gasteiger partial charge in [-0.05, 0) is 31.0 Å². The van der Waals surface area contributed by atoms with Crippen molar-refractivity contribution in [1.82, 2.24) is 9.97 Å². The first-order valence-electron chi connectivity index (χ1n) is 7.27. The zero-order valence-electron chi connectivity index (χ0n) is 13.5. The van der Waals surface area contributed by atoms with Crippen LogP contribution in [0.15, 0.2) is 47.4 Å². The minimum Gasteiger partial charge on any atom is -0.479 e. The second kappa shape index (κ2) is 9.65. The van der Waals surface area contributed by atoms with Crippen LogP contribution < -0.4 is 4.74 Å². The molecule has 2 unspecified atom stereocenters.